The molecule has 2 saturated carbocycles. The Labute approximate surface area is 105 Å². The highest BCUT2D eigenvalue weighted by molar-refractivity contribution is 5.06. The van der Waals surface area contributed by atoms with E-state index in [0.29, 0.717) is 11.0 Å². The van der Waals surface area contributed by atoms with E-state index in [9.17, 15) is 0 Å². The molecule has 17 heavy (non-hydrogen) atoms. The highest BCUT2D eigenvalue weighted by atomic mass is 16.5. The lowest BCUT2D eigenvalue weighted by Crippen LogP contribution is -2.50. The summed E-state index contributed by atoms with van der Waals surface area (Å²) < 4.78 is 6.05. The molecular formula is C15H27NO. The van der Waals surface area contributed by atoms with Crippen molar-refractivity contribution in [3.05, 3.63) is 0 Å². The Morgan fingerprint density at radius 1 is 1.24 bits per heavy atom. The predicted octanol–water partition coefficient (Wildman–Crippen LogP) is 2.97. The summed E-state index contributed by atoms with van der Waals surface area (Å²) in [5.41, 5.74) is 0.885. The van der Waals surface area contributed by atoms with Crippen molar-refractivity contribution in [2.45, 2.75) is 64.0 Å². The first-order chi connectivity index (χ1) is 8.06. The van der Waals surface area contributed by atoms with Crippen LogP contribution in [0.15, 0.2) is 0 Å². The highest BCUT2D eigenvalue weighted by Crippen LogP contribution is 2.57. The van der Waals surface area contributed by atoms with E-state index >= 15 is 0 Å². The molecule has 1 spiro atoms. The first-order valence-corrected chi connectivity index (χ1v) is 7.38. The quantitative estimate of drug-likeness (QED) is 0.815. The summed E-state index contributed by atoms with van der Waals surface area (Å²) in [6.07, 6.45) is 7.99. The van der Waals surface area contributed by atoms with Gasteiger partial charge in [-0.15, -0.1) is 0 Å². The van der Waals surface area contributed by atoms with Gasteiger partial charge in [0.15, 0.2) is 0 Å². The van der Waals surface area contributed by atoms with Crippen LogP contribution in [0.3, 0.4) is 0 Å². The SMILES string of the molecule is CNC(C1CCOC2(CCC2)C1)C1CC1(C)C. The first kappa shape index (κ1) is 12.0. The Morgan fingerprint density at radius 2 is 1.94 bits per heavy atom. The highest BCUT2D eigenvalue weighted by Gasteiger charge is 2.53. The second-order valence-corrected chi connectivity index (χ2v) is 7.25. The zero-order chi connectivity index (χ0) is 12.1. The topological polar surface area (TPSA) is 21.3 Å². The summed E-state index contributed by atoms with van der Waals surface area (Å²) in [4.78, 5) is 0. The van der Waals surface area contributed by atoms with Gasteiger partial charge in [-0.25, -0.2) is 0 Å². The van der Waals surface area contributed by atoms with Crippen molar-refractivity contribution < 1.29 is 4.74 Å². The molecule has 2 heteroatoms. The van der Waals surface area contributed by atoms with Crippen molar-refractivity contribution in [1.82, 2.24) is 5.32 Å². The van der Waals surface area contributed by atoms with Gasteiger partial charge in [-0.2, -0.15) is 0 Å². The van der Waals surface area contributed by atoms with Crippen LogP contribution in [0, 0.1) is 17.3 Å². The Balaban J connectivity index is 1.66. The van der Waals surface area contributed by atoms with E-state index in [1.807, 2.05) is 0 Å². The second kappa shape index (κ2) is 3.96. The minimum Gasteiger partial charge on any atom is -0.375 e. The number of hydrogen-bond acceptors (Lipinski definition) is 2. The summed E-state index contributed by atoms with van der Waals surface area (Å²) in [5.74, 6) is 1.74. The molecule has 3 aliphatic rings. The average molecular weight is 237 g/mol. The lowest BCUT2D eigenvalue weighted by Gasteiger charge is -2.49. The average Bonchev–Trinajstić information content (AvgIpc) is 2.87. The molecule has 3 atom stereocenters. The van der Waals surface area contributed by atoms with Crippen LogP contribution in [0.1, 0.15) is 52.4 Å². The van der Waals surface area contributed by atoms with E-state index in [1.165, 1.54) is 38.5 Å². The molecule has 1 saturated heterocycles. The number of nitrogens with one attached hydrogen (secondary N) is 1. The molecule has 3 unspecified atom stereocenters. The van der Waals surface area contributed by atoms with Crippen molar-refractivity contribution in [1.29, 1.82) is 0 Å². The lowest BCUT2D eigenvalue weighted by atomic mass is 9.69. The number of ether oxygens (including phenoxy) is 1. The van der Waals surface area contributed by atoms with E-state index in [-0.39, 0.29) is 0 Å². The summed E-state index contributed by atoms with van der Waals surface area (Å²) in [6.45, 7) is 5.83. The summed E-state index contributed by atoms with van der Waals surface area (Å²) >= 11 is 0. The maximum absolute atomic E-state index is 6.05. The van der Waals surface area contributed by atoms with E-state index in [1.54, 1.807) is 0 Å². The van der Waals surface area contributed by atoms with Crippen LogP contribution in [0.25, 0.3) is 0 Å². The molecular weight excluding hydrogens is 210 g/mol. The van der Waals surface area contributed by atoms with Gasteiger partial charge in [0.2, 0.25) is 0 Å². The van der Waals surface area contributed by atoms with Crippen LogP contribution < -0.4 is 5.32 Å². The molecule has 0 aromatic carbocycles. The van der Waals surface area contributed by atoms with E-state index in [4.69, 9.17) is 4.74 Å². The third-order valence-electron chi connectivity index (χ3n) is 5.66. The Kier molecular flexibility index (Phi) is 2.79. The standard InChI is InChI=1S/C15H27NO/c1-14(2)10-12(14)13(16-3)11-5-8-17-15(9-11)6-4-7-15/h11-13,16H,4-10H2,1-3H3. The van der Waals surface area contributed by atoms with Gasteiger partial charge in [-0.3, -0.25) is 0 Å². The first-order valence-electron chi connectivity index (χ1n) is 7.38. The molecule has 2 aliphatic carbocycles. The fourth-order valence-electron chi connectivity index (χ4n) is 4.18. The van der Waals surface area contributed by atoms with Gasteiger partial charge < -0.3 is 10.1 Å². The molecule has 2 nitrogen and oxygen atoms in total. The number of hydrogen-bond donors (Lipinski definition) is 1. The Hall–Kier alpha value is -0.0800. The van der Waals surface area contributed by atoms with Crippen LogP contribution in [-0.4, -0.2) is 25.3 Å². The van der Waals surface area contributed by atoms with Gasteiger partial charge in [0.05, 0.1) is 5.60 Å². The number of rotatable bonds is 3. The maximum atomic E-state index is 6.05. The summed E-state index contributed by atoms with van der Waals surface area (Å²) in [7, 11) is 2.15. The third kappa shape index (κ3) is 2.04. The van der Waals surface area contributed by atoms with Gasteiger partial charge in [0.25, 0.3) is 0 Å². The molecule has 0 bridgehead atoms. The zero-order valence-corrected chi connectivity index (χ0v) is 11.6. The van der Waals surface area contributed by atoms with Gasteiger partial charge in [0.1, 0.15) is 0 Å². The minimum atomic E-state index is 0.303. The molecule has 1 aliphatic heterocycles. The predicted molar refractivity (Wildman–Crippen MR) is 70.0 cm³/mol. The fourth-order valence-corrected chi connectivity index (χ4v) is 4.18. The van der Waals surface area contributed by atoms with E-state index in [2.05, 4.69) is 26.2 Å². The molecule has 1 heterocycles. The summed E-state index contributed by atoms with van der Waals surface area (Å²) in [5, 5.41) is 3.62. The molecule has 0 aromatic rings. The van der Waals surface area contributed by atoms with Crippen LogP contribution in [0.4, 0.5) is 0 Å². The van der Waals surface area contributed by atoms with E-state index < -0.39 is 0 Å². The van der Waals surface area contributed by atoms with Gasteiger partial charge in [0, 0.05) is 12.6 Å². The molecule has 0 aromatic heterocycles. The smallest absolute Gasteiger partial charge is 0.0685 e. The van der Waals surface area contributed by atoms with Crippen LogP contribution in [0.5, 0.6) is 0 Å². The second-order valence-electron chi connectivity index (χ2n) is 7.25. The van der Waals surface area contributed by atoms with Crippen molar-refractivity contribution in [3.63, 3.8) is 0 Å². The molecule has 3 rings (SSSR count). The van der Waals surface area contributed by atoms with Crippen molar-refractivity contribution in [3.8, 4) is 0 Å². The molecule has 3 fully saturated rings. The van der Waals surface area contributed by atoms with Crippen LogP contribution in [-0.2, 0) is 4.74 Å². The lowest BCUT2D eigenvalue weighted by molar-refractivity contribution is -0.148. The van der Waals surface area contributed by atoms with Crippen molar-refractivity contribution in [2.75, 3.05) is 13.7 Å². The summed E-state index contributed by atoms with van der Waals surface area (Å²) in [6, 6.07) is 0.728. The third-order valence-corrected chi connectivity index (χ3v) is 5.66. The Morgan fingerprint density at radius 3 is 2.41 bits per heavy atom. The molecule has 0 amide bonds. The molecule has 0 radical (unpaired) electrons. The monoisotopic (exact) mass is 237 g/mol. The molecule has 98 valence electrons. The van der Waals surface area contributed by atoms with Crippen LogP contribution >= 0.6 is 0 Å². The minimum absolute atomic E-state index is 0.303. The Bertz CT molecular complexity index is 295. The molecule has 1 N–H and O–H groups in total. The van der Waals surface area contributed by atoms with Gasteiger partial charge in [-0.1, -0.05) is 13.8 Å². The fraction of sp³-hybridized carbons (Fsp3) is 1.00. The maximum Gasteiger partial charge on any atom is 0.0685 e. The van der Waals surface area contributed by atoms with E-state index in [0.717, 1.165) is 24.5 Å². The van der Waals surface area contributed by atoms with Crippen molar-refractivity contribution in [2.24, 2.45) is 17.3 Å². The van der Waals surface area contributed by atoms with Gasteiger partial charge in [-0.05, 0) is 62.8 Å². The van der Waals surface area contributed by atoms with Gasteiger partial charge >= 0.3 is 0 Å². The van der Waals surface area contributed by atoms with Crippen LogP contribution in [0.2, 0.25) is 0 Å². The zero-order valence-electron chi connectivity index (χ0n) is 11.6. The largest absolute Gasteiger partial charge is 0.375 e. The van der Waals surface area contributed by atoms with Crippen molar-refractivity contribution >= 4 is 0 Å². The normalized spacial score (nSPS) is 39.7.